The predicted octanol–water partition coefficient (Wildman–Crippen LogP) is -0.605. The Hall–Kier alpha value is -0.103. The van der Waals surface area contributed by atoms with Crippen molar-refractivity contribution in [2.24, 2.45) is 0 Å². The Labute approximate surface area is 104 Å². The molecule has 0 aromatic carbocycles. The van der Waals surface area contributed by atoms with Gasteiger partial charge in [-0.2, -0.15) is 0 Å². The van der Waals surface area contributed by atoms with Crippen LogP contribution in [-0.2, 0) is 18.1 Å². The van der Waals surface area contributed by atoms with Gasteiger partial charge < -0.3 is 0 Å². The van der Waals surface area contributed by atoms with Crippen LogP contribution in [0.15, 0.2) is 0 Å². The fourth-order valence-corrected chi connectivity index (χ4v) is 2.98. The van der Waals surface area contributed by atoms with Crippen molar-refractivity contribution in [1.29, 1.82) is 0 Å². The van der Waals surface area contributed by atoms with Crippen LogP contribution in [0.5, 0.6) is 0 Å². The molecule has 0 fully saturated rings. The van der Waals surface area contributed by atoms with Gasteiger partial charge in [-0.05, 0) is 0 Å². The zero-order chi connectivity index (χ0) is 13.6. The van der Waals surface area contributed by atoms with E-state index in [2.05, 4.69) is 0 Å². The fraction of sp³-hybridized carbons (Fsp3) is 1.00. The molecule has 0 heterocycles. The first kappa shape index (κ1) is 16.9. The molecule has 0 atom stereocenters. The molecule has 0 aliphatic rings. The Kier molecular flexibility index (Phi) is 7.31. The smallest absolute Gasteiger partial charge is 0.260 e. The van der Waals surface area contributed by atoms with E-state index in [1.54, 1.807) is 56.4 Å². The minimum Gasteiger partial charge on any atom is -0.260 e. The van der Waals surface area contributed by atoms with E-state index in [1.165, 1.54) is 20.3 Å². The normalized spacial score (nSPS) is 13.4. The largest absolute Gasteiger partial charge is 0.749 e. The van der Waals surface area contributed by atoms with Gasteiger partial charge in [0.05, 0.1) is 0 Å². The molecule has 9 heteroatoms. The molecule has 0 radical (unpaired) electrons. The van der Waals surface area contributed by atoms with E-state index in [0.717, 1.165) is 0 Å². The summed E-state index contributed by atoms with van der Waals surface area (Å²) >= 11 is 0. The number of nitrogens with zero attached hydrogens (tertiary/aromatic N) is 4. The van der Waals surface area contributed by atoms with Crippen LogP contribution >= 0.6 is 0 Å². The summed E-state index contributed by atoms with van der Waals surface area (Å²) in [7, 11) is 10.5. The van der Waals surface area contributed by atoms with Gasteiger partial charge in [-0.15, -0.1) is 0 Å². The summed E-state index contributed by atoms with van der Waals surface area (Å²) < 4.78 is 22.2. The lowest BCUT2D eigenvalue weighted by molar-refractivity contribution is -0.268. The Bertz CT molecular complexity index is 170. The molecule has 0 saturated heterocycles. The van der Waals surface area contributed by atoms with Crippen LogP contribution in [0, 0.1) is 0 Å². The van der Waals surface area contributed by atoms with Crippen LogP contribution in [-0.4, -0.2) is 85.7 Å². The van der Waals surface area contributed by atoms with Crippen LogP contribution in [0.4, 0.5) is 0 Å². The van der Waals surface area contributed by atoms with E-state index < -0.39 is 9.05 Å². The zero-order valence-electron chi connectivity index (χ0n) is 11.9. The van der Waals surface area contributed by atoms with Crippen molar-refractivity contribution in [3.63, 3.8) is 0 Å². The van der Waals surface area contributed by atoms with Gasteiger partial charge in [-0.25, -0.2) is 20.3 Å². The van der Waals surface area contributed by atoms with E-state index in [1.807, 2.05) is 0 Å². The molecule has 0 N–H and O–H groups in total. The maximum Gasteiger partial charge on any atom is 0.749 e. The van der Waals surface area contributed by atoms with Gasteiger partial charge in [-0.1, -0.05) is 0 Å². The molecule has 0 rings (SSSR count). The summed E-state index contributed by atoms with van der Waals surface area (Å²) in [6.07, 6.45) is 0. The van der Waals surface area contributed by atoms with Gasteiger partial charge in [-0.3, -0.25) is 18.1 Å². The van der Waals surface area contributed by atoms with Crippen molar-refractivity contribution in [3.8, 4) is 0 Å². The second-order valence-electron chi connectivity index (χ2n) is 4.11. The van der Waals surface area contributed by atoms with Crippen molar-refractivity contribution < 1.29 is 18.1 Å². The Morgan fingerprint density at radius 2 is 0.647 bits per heavy atom. The monoisotopic (exact) mass is 268 g/mol. The molecule has 0 aliphatic heterocycles. The Balaban J connectivity index is 4.89. The quantitative estimate of drug-likeness (QED) is 0.427. The number of hydrogen-bond donors (Lipinski definition) is 0. The van der Waals surface area contributed by atoms with Gasteiger partial charge in [0.2, 0.25) is 0 Å². The first-order valence-corrected chi connectivity index (χ1v) is 6.76. The number of hydrogen-bond acceptors (Lipinski definition) is 8. The molecular weight excluding hydrogens is 244 g/mol. The fourth-order valence-electron chi connectivity index (χ4n) is 0.994. The molecule has 8 nitrogen and oxygen atoms in total. The van der Waals surface area contributed by atoms with Gasteiger partial charge >= 0.3 is 9.05 Å². The molecule has 0 unspecified atom stereocenters. The second kappa shape index (κ2) is 7.36. The third-order valence-electron chi connectivity index (χ3n) is 1.18. The van der Waals surface area contributed by atoms with Crippen LogP contribution in [0.2, 0.25) is 0 Å². The van der Waals surface area contributed by atoms with Crippen molar-refractivity contribution in [1.82, 2.24) is 20.3 Å². The van der Waals surface area contributed by atoms with Crippen molar-refractivity contribution >= 4 is 9.05 Å². The van der Waals surface area contributed by atoms with E-state index in [4.69, 9.17) is 18.1 Å². The molecule has 0 amide bonds. The Morgan fingerprint density at radius 1 is 0.471 bits per heavy atom. The third kappa shape index (κ3) is 7.75. The number of rotatable bonds is 8. The number of hydroxylamine groups is 8. The van der Waals surface area contributed by atoms with Crippen molar-refractivity contribution in [3.05, 3.63) is 0 Å². The minimum atomic E-state index is -3.34. The topological polar surface area (TPSA) is 49.9 Å². The lowest BCUT2D eigenvalue weighted by Gasteiger charge is -2.33. The molecule has 0 aromatic rings. The highest BCUT2D eigenvalue weighted by Gasteiger charge is 2.53. The third-order valence-corrected chi connectivity index (χ3v) is 3.53. The molecule has 0 aromatic heterocycles. The van der Waals surface area contributed by atoms with E-state index in [-0.39, 0.29) is 0 Å². The lowest BCUT2D eigenvalue weighted by Crippen LogP contribution is -2.58. The summed E-state index contributed by atoms with van der Waals surface area (Å²) in [5, 5.41) is 5.96. The molecule has 17 heavy (non-hydrogen) atoms. The maximum absolute atomic E-state index is 5.55. The lowest BCUT2D eigenvalue weighted by atomic mass is 11.2. The first-order valence-electron chi connectivity index (χ1n) is 5.12. The molecular formula is C8H24N4O4Si. The summed E-state index contributed by atoms with van der Waals surface area (Å²) in [5.74, 6) is 0. The standard InChI is InChI=1S/C8H24N4O4Si/c1-9(2)13-17(14-10(3)4,15-11(5)6)16-12(7)8/h1-8H3. The van der Waals surface area contributed by atoms with Crippen LogP contribution in [0.1, 0.15) is 0 Å². The zero-order valence-corrected chi connectivity index (χ0v) is 12.9. The van der Waals surface area contributed by atoms with Gasteiger partial charge in [0.1, 0.15) is 0 Å². The predicted molar refractivity (Wildman–Crippen MR) is 64.8 cm³/mol. The van der Waals surface area contributed by atoms with E-state index in [9.17, 15) is 0 Å². The molecule has 0 saturated carbocycles. The van der Waals surface area contributed by atoms with Gasteiger partial charge in [0.25, 0.3) is 0 Å². The second-order valence-corrected chi connectivity index (χ2v) is 5.84. The highest BCUT2D eigenvalue weighted by atomic mass is 28.4. The van der Waals surface area contributed by atoms with E-state index >= 15 is 0 Å². The van der Waals surface area contributed by atoms with E-state index in [0.29, 0.717) is 0 Å². The summed E-state index contributed by atoms with van der Waals surface area (Å²) in [6, 6.07) is 0. The summed E-state index contributed by atoms with van der Waals surface area (Å²) in [6.45, 7) is 0. The van der Waals surface area contributed by atoms with Crippen LogP contribution < -0.4 is 0 Å². The summed E-state index contributed by atoms with van der Waals surface area (Å²) in [4.78, 5) is 0. The molecule has 0 aliphatic carbocycles. The SMILES string of the molecule is CN(C)O[Si](ON(C)C)(ON(C)C)ON(C)C. The Morgan fingerprint density at radius 3 is 0.765 bits per heavy atom. The van der Waals surface area contributed by atoms with Crippen molar-refractivity contribution in [2.75, 3.05) is 56.4 Å². The highest BCUT2D eigenvalue weighted by Crippen LogP contribution is 2.15. The first-order chi connectivity index (χ1) is 7.67. The highest BCUT2D eigenvalue weighted by molar-refractivity contribution is 6.52. The minimum absolute atomic E-state index is 1.49. The van der Waals surface area contributed by atoms with Crippen LogP contribution in [0.25, 0.3) is 0 Å². The van der Waals surface area contributed by atoms with Gasteiger partial charge in [0.15, 0.2) is 0 Å². The molecule has 0 bridgehead atoms. The van der Waals surface area contributed by atoms with Crippen molar-refractivity contribution in [2.45, 2.75) is 0 Å². The maximum atomic E-state index is 5.55. The molecule has 0 spiro atoms. The average Bonchev–Trinajstić information content (AvgIpc) is 1.95. The average molecular weight is 268 g/mol. The summed E-state index contributed by atoms with van der Waals surface area (Å²) in [5.41, 5.74) is 0. The molecule has 104 valence electrons. The van der Waals surface area contributed by atoms with Crippen LogP contribution in [0.3, 0.4) is 0 Å². The van der Waals surface area contributed by atoms with Gasteiger partial charge in [0, 0.05) is 56.4 Å².